The monoisotopic (exact) mass is 533 g/mol. The summed E-state index contributed by atoms with van der Waals surface area (Å²) in [5, 5.41) is 0. The van der Waals surface area contributed by atoms with Gasteiger partial charge in [-0.2, -0.15) is 0 Å². The quantitative estimate of drug-likeness (QED) is 0.112. The van der Waals surface area contributed by atoms with Gasteiger partial charge in [-0.1, -0.05) is 179 Å². The van der Waals surface area contributed by atoms with Crippen LogP contribution in [0.15, 0.2) is 42.5 Å². The molecule has 0 nitrogen and oxygen atoms in total. The van der Waals surface area contributed by atoms with Gasteiger partial charge in [0, 0.05) is 0 Å². The molecule has 0 unspecified atom stereocenters. The van der Waals surface area contributed by atoms with E-state index in [0.29, 0.717) is 0 Å². The second-order valence-electron chi connectivity index (χ2n) is 12.3. The van der Waals surface area contributed by atoms with Gasteiger partial charge in [-0.15, -0.1) is 0 Å². The summed E-state index contributed by atoms with van der Waals surface area (Å²) in [4.78, 5) is 0. The van der Waals surface area contributed by atoms with E-state index < -0.39 is 0 Å². The number of hydrogen-bond acceptors (Lipinski definition) is 0. The second-order valence-corrected chi connectivity index (χ2v) is 12.3. The van der Waals surface area contributed by atoms with Crippen molar-refractivity contribution in [3.63, 3.8) is 0 Å². The molecule has 2 aromatic rings. The molecule has 0 amide bonds. The maximum Gasteiger partial charge on any atom is -0.0149 e. The number of hydrogen-bond donors (Lipinski definition) is 0. The van der Waals surface area contributed by atoms with E-state index in [1.54, 1.807) is 11.1 Å². The lowest BCUT2D eigenvalue weighted by Gasteiger charge is -2.17. The van der Waals surface area contributed by atoms with Crippen LogP contribution in [0.25, 0.3) is 11.1 Å². The van der Waals surface area contributed by atoms with Gasteiger partial charge in [0.05, 0.1) is 0 Å². The maximum absolute atomic E-state index is 2.51. The molecule has 0 aliphatic carbocycles. The Morgan fingerprint density at radius 2 is 0.872 bits per heavy atom. The van der Waals surface area contributed by atoms with Gasteiger partial charge in [0.15, 0.2) is 0 Å². The Morgan fingerprint density at radius 1 is 0.410 bits per heavy atom. The number of unbranched alkanes of at least 4 members (excludes halogenated alkanes) is 18. The van der Waals surface area contributed by atoms with Crippen molar-refractivity contribution in [2.45, 2.75) is 175 Å². The smallest absolute Gasteiger partial charge is 0.0149 e. The Bertz CT molecular complexity index is 832. The van der Waals surface area contributed by atoms with Gasteiger partial charge in [0.2, 0.25) is 0 Å². The molecule has 2 aromatic carbocycles. The fourth-order valence-electron chi connectivity index (χ4n) is 6.15. The molecule has 220 valence electrons. The molecule has 0 aromatic heterocycles. The van der Waals surface area contributed by atoms with Crippen molar-refractivity contribution in [3.05, 3.63) is 59.2 Å². The van der Waals surface area contributed by atoms with Crippen LogP contribution in [-0.2, 0) is 19.3 Å². The van der Waals surface area contributed by atoms with Crippen LogP contribution in [0.2, 0.25) is 0 Å². The van der Waals surface area contributed by atoms with Crippen LogP contribution in [0.5, 0.6) is 0 Å². The number of aryl methyl sites for hydroxylation is 2. The van der Waals surface area contributed by atoms with Gasteiger partial charge < -0.3 is 0 Å². The predicted octanol–water partition coefficient (Wildman–Crippen LogP) is 13.2. The molecule has 0 fully saturated rings. The minimum Gasteiger partial charge on any atom is -0.0654 e. The summed E-state index contributed by atoms with van der Waals surface area (Å²) in [6, 6.07) is 16.7. The molecule has 2 rings (SSSR count). The first kappa shape index (κ1) is 33.6. The Kier molecular flexibility index (Phi) is 20.0. The van der Waals surface area contributed by atoms with E-state index in [1.807, 2.05) is 0 Å². The largest absolute Gasteiger partial charge is 0.0654 e. The van der Waals surface area contributed by atoms with E-state index >= 15 is 0 Å². The molecule has 0 bridgehead atoms. The minimum absolute atomic E-state index is 1.23. The zero-order chi connectivity index (χ0) is 27.8. The highest BCUT2D eigenvalue weighted by atomic mass is 14.2. The van der Waals surface area contributed by atoms with Crippen molar-refractivity contribution in [2.24, 2.45) is 0 Å². The number of rotatable bonds is 25. The lowest BCUT2D eigenvalue weighted by Crippen LogP contribution is -2.00. The van der Waals surface area contributed by atoms with Gasteiger partial charge in [0.25, 0.3) is 0 Å². The Balaban J connectivity index is 2.01. The van der Waals surface area contributed by atoms with Gasteiger partial charge in [-0.25, -0.2) is 0 Å². The van der Waals surface area contributed by atoms with Crippen molar-refractivity contribution >= 4 is 0 Å². The minimum atomic E-state index is 1.23. The zero-order valence-electron chi connectivity index (χ0n) is 26.5. The average molecular weight is 533 g/mol. The summed E-state index contributed by atoms with van der Waals surface area (Å²) in [6.07, 6.45) is 32.9. The fraction of sp³-hybridized carbons (Fsp3) is 0.692. The van der Waals surface area contributed by atoms with E-state index in [4.69, 9.17) is 0 Å². The summed E-state index contributed by atoms with van der Waals surface area (Å²) >= 11 is 0. The van der Waals surface area contributed by atoms with Crippen LogP contribution in [0.1, 0.15) is 172 Å². The highest BCUT2D eigenvalue weighted by Crippen LogP contribution is 2.30. The highest BCUT2D eigenvalue weighted by Gasteiger charge is 2.11. The molecule has 0 heteroatoms. The average Bonchev–Trinajstić information content (AvgIpc) is 2.96. The van der Waals surface area contributed by atoms with E-state index in [1.165, 1.54) is 171 Å². The third-order valence-electron chi connectivity index (χ3n) is 8.66. The van der Waals surface area contributed by atoms with Crippen molar-refractivity contribution in [2.75, 3.05) is 0 Å². The molecule has 0 heterocycles. The number of benzene rings is 2. The third-order valence-corrected chi connectivity index (χ3v) is 8.66. The van der Waals surface area contributed by atoms with Crippen LogP contribution in [0, 0.1) is 0 Å². The van der Waals surface area contributed by atoms with Crippen molar-refractivity contribution < 1.29 is 0 Å². The van der Waals surface area contributed by atoms with Crippen molar-refractivity contribution in [1.82, 2.24) is 0 Å². The Labute approximate surface area is 244 Å². The molecule has 39 heavy (non-hydrogen) atoms. The molecule has 0 spiro atoms. The normalized spacial score (nSPS) is 11.4. The lowest BCUT2D eigenvalue weighted by atomic mass is 9.88. The van der Waals surface area contributed by atoms with Crippen molar-refractivity contribution in [3.8, 4) is 11.1 Å². The molecule has 0 aliphatic heterocycles. The summed E-state index contributed by atoms with van der Waals surface area (Å²) in [5.74, 6) is 0. The first-order valence-electron chi connectivity index (χ1n) is 17.5. The second kappa shape index (κ2) is 23.2. The summed E-state index contributed by atoms with van der Waals surface area (Å²) in [5.41, 5.74) is 7.78. The maximum atomic E-state index is 2.51. The van der Waals surface area contributed by atoms with Gasteiger partial charge in [0.1, 0.15) is 0 Å². The summed E-state index contributed by atoms with van der Waals surface area (Å²) < 4.78 is 0. The van der Waals surface area contributed by atoms with E-state index in [0.717, 1.165) is 0 Å². The summed E-state index contributed by atoms with van der Waals surface area (Å²) in [7, 11) is 0. The molecule has 0 N–H and O–H groups in total. The zero-order valence-corrected chi connectivity index (χ0v) is 26.5. The molecule has 0 atom stereocenters. The Hall–Kier alpha value is -1.56. The van der Waals surface area contributed by atoms with Gasteiger partial charge >= 0.3 is 0 Å². The topological polar surface area (TPSA) is 0 Å². The molecule has 0 radical (unpaired) electrons. The lowest BCUT2D eigenvalue weighted by molar-refractivity contribution is 0.583. The van der Waals surface area contributed by atoms with E-state index in [2.05, 4.69) is 63.2 Å². The predicted molar refractivity (Wildman–Crippen MR) is 177 cm³/mol. The third kappa shape index (κ3) is 15.1. The molecule has 0 saturated heterocycles. The standard InChI is InChI=1S/C39H64/c1-4-7-10-13-16-19-22-27-35-28-25-31-37(34-35)39-33-26-30-36(29-23-20-17-14-11-8-5-2)38(39)32-24-21-18-15-12-9-6-3/h25-26,28,30-31,33-34H,4-24,27,29,32H2,1-3H3. The fourth-order valence-corrected chi connectivity index (χ4v) is 6.15. The first-order valence-corrected chi connectivity index (χ1v) is 17.5. The van der Waals surface area contributed by atoms with Crippen LogP contribution < -0.4 is 0 Å². The van der Waals surface area contributed by atoms with Gasteiger partial charge in [-0.05, 0) is 66.3 Å². The van der Waals surface area contributed by atoms with Gasteiger partial charge in [-0.3, -0.25) is 0 Å². The SMILES string of the molecule is CCCCCCCCCc1cccc(-c2cccc(CCCCCCCCC)c2CCCCCCCCC)c1. The molecule has 0 saturated carbocycles. The van der Waals surface area contributed by atoms with Crippen LogP contribution in [0.4, 0.5) is 0 Å². The van der Waals surface area contributed by atoms with Crippen LogP contribution in [-0.4, -0.2) is 0 Å². The Morgan fingerprint density at radius 3 is 1.44 bits per heavy atom. The first-order chi connectivity index (χ1) is 19.3. The molecular weight excluding hydrogens is 468 g/mol. The van der Waals surface area contributed by atoms with E-state index in [-0.39, 0.29) is 0 Å². The van der Waals surface area contributed by atoms with Crippen LogP contribution >= 0.6 is 0 Å². The molecular formula is C39H64. The highest BCUT2D eigenvalue weighted by molar-refractivity contribution is 5.69. The van der Waals surface area contributed by atoms with Crippen LogP contribution in [0.3, 0.4) is 0 Å². The van der Waals surface area contributed by atoms with Crippen molar-refractivity contribution in [1.29, 1.82) is 0 Å². The van der Waals surface area contributed by atoms with E-state index in [9.17, 15) is 0 Å². The molecule has 0 aliphatic rings. The summed E-state index contributed by atoms with van der Waals surface area (Å²) in [6.45, 7) is 6.93.